The molecule has 1 amide bonds. The molecule has 0 aromatic carbocycles. The summed E-state index contributed by atoms with van der Waals surface area (Å²) < 4.78 is 23.2. The normalized spacial score (nSPS) is 30.1. The molecule has 2 aliphatic rings. The highest BCUT2D eigenvalue weighted by Crippen LogP contribution is 2.37. The Balaban J connectivity index is 2.22. The van der Waals surface area contributed by atoms with Crippen molar-refractivity contribution in [1.29, 1.82) is 5.26 Å². The van der Waals surface area contributed by atoms with Gasteiger partial charge >= 0.3 is 0 Å². The Hall–Kier alpha value is -1.33. The predicted molar refractivity (Wildman–Crippen MR) is 73.4 cm³/mol. The molecule has 2 fully saturated rings. The Morgan fingerprint density at radius 3 is 3.00 bits per heavy atom. The van der Waals surface area contributed by atoms with E-state index in [1.807, 2.05) is 0 Å². The minimum atomic E-state index is -3.01. The first-order valence-electron chi connectivity index (χ1n) is 5.70. The van der Waals surface area contributed by atoms with E-state index in [1.54, 1.807) is 17.0 Å². The molecule has 2 saturated heterocycles. The summed E-state index contributed by atoms with van der Waals surface area (Å²) in [6.45, 7) is 4.08. The van der Waals surface area contributed by atoms with Crippen molar-refractivity contribution >= 4 is 32.7 Å². The zero-order valence-corrected chi connectivity index (χ0v) is 11.8. The molecular formula is C11H13N3O3S2. The highest BCUT2D eigenvalue weighted by Gasteiger charge is 2.48. The number of nitriles is 1. The van der Waals surface area contributed by atoms with Crippen molar-refractivity contribution in [2.24, 2.45) is 4.99 Å². The van der Waals surface area contributed by atoms with E-state index in [-0.39, 0.29) is 29.2 Å². The van der Waals surface area contributed by atoms with Gasteiger partial charge in [-0.25, -0.2) is 8.42 Å². The predicted octanol–water partition coefficient (Wildman–Crippen LogP) is 0.183. The smallest absolute Gasteiger partial charge is 0.262 e. The summed E-state index contributed by atoms with van der Waals surface area (Å²) in [5, 5.41) is 8.87. The second-order valence-corrected chi connectivity index (χ2v) is 7.72. The molecule has 2 atom stereocenters. The maximum absolute atomic E-state index is 11.6. The maximum Gasteiger partial charge on any atom is 0.262 e. The van der Waals surface area contributed by atoms with Gasteiger partial charge in [0.15, 0.2) is 15.0 Å². The summed E-state index contributed by atoms with van der Waals surface area (Å²) in [6.07, 6.45) is 1.39. The molecule has 0 aromatic rings. The van der Waals surface area contributed by atoms with Gasteiger partial charge in [0.1, 0.15) is 6.42 Å². The number of sulfone groups is 1. The summed E-state index contributed by atoms with van der Waals surface area (Å²) in [6, 6.07) is 1.60. The lowest BCUT2D eigenvalue weighted by atomic mass is 10.2. The molecule has 0 aliphatic carbocycles. The number of hydrogen-bond donors (Lipinski definition) is 0. The van der Waals surface area contributed by atoms with Gasteiger partial charge in [-0.2, -0.15) is 10.3 Å². The summed E-state index contributed by atoms with van der Waals surface area (Å²) in [5.74, 6) is -0.298. The van der Waals surface area contributed by atoms with Crippen LogP contribution >= 0.6 is 11.8 Å². The average Bonchev–Trinajstić information content (AvgIpc) is 2.74. The Morgan fingerprint density at radius 1 is 1.63 bits per heavy atom. The zero-order chi connectivity index (χ0) is 14.0. The van der Waals surface area contributed by atoms with Gasteiger partial charge in [0.05, 0.1) is 23.6 Å². The van der Waals surface area contributed by atoms with Crippen LogP contribution in [0.4, 0.5) is 0 Å². The number of thioether (sulfide) groups is 1. The standard InChI is InChI=1S/C11H13N3O3S2/c1-2-5-14-8-6-19(16,17)7-9(8)18-11(14)13-10(15)3-4-12/h2,8-9H,1,3,5-7H2/t8-,9+/m1/s1. The molecule has 0 unspecified atom stereocenters. The van der Waals surface area contributed by atoms with E-state index in [2.05, 4.69) is 11.6 Å². The Kier molecular flexibility index (Phi) is 3.96. The molecular weight excluding hydrogens is 286 g/mol. The molecule has 102 valence electrons. The van der Waals surface area contributed by atoms with E-state index in [0.29, 0.717) is 11.7 Å². The highest BCUT2D eigenvalue weighted by molar-refractivity contribution is 8.15. The largest absolute Gasteiger partial charge is 0.342 e. The Bertz CT molecular complexity index is 576. The van der Waals surface area contributed by atoms with Crippen LogP contribution in [0.15, 0.2) is 17.6 Å². The van der Waals surface area contributed by atoms with Gasteiger partial charge < -0.3 is 4.90 Å². The van der Waals surface area contributed by atoms with E-state index >= 15 is 0 Å². The van der Waals surface area contributed by atoms with Crippen LogP contribution in [0, 0.1) is 11.3 Å². The topological polar surface area (TPSA) is 90.6 Å². The quantitative estimate of drug-likeness (QED) is 0.691. The van der Waals surface area contributed by atoms with Crippen LogP contribution in [0.3, 0.4) is 0 Å². The number of aliphatic imine (C=N–C) groups is 1. The monoisotopic (exact) mass is 299 g/mol. The molecule has 8 heteroatoms. The van der Waals surface area contributed by atoms with E-state index in [1.165, 1.54) is 11.8 Å². The Morgan fingerprint density at radius 2 is 2.37 bits per heavy atom. The first-order chi connectivity index (χ1) is 8.96. The van der Waals surface area contributed by atoms with Crippen molar-refractivity contribution in [3.8, 4) is 6.07 Å². The number of nitrogens with zero attached hydrogens (tertiary/aromatic N) is 3. The van der Waals surface area contributed by atoms with Gasteiger partial charge in [-0.15, -0.1) is 6.58 Å². The van der Waals surface area contributed by atoms with Crippen molar-refractivity contribution in [2.45, 2.75) is 17.7 Å². The highest BCUT2D eigenvalue weighted by atomic mass is 32.2. The lowest BCUT2D eigenvalue weighted by molar-refractivity contribution is -0.116. The fourth-order valence-corrected chi connectivity index (χ4v) is 6.18. The second kappa shape index (κ2) is 5.35. The molecule has 2 heterocycles. The molecule has 0 N–H and O–H groups in total. The van der Waals surface area contributed by atoms with Crippen LogP contribution in [0.2, 0.25) is 0 Å². The molecule has 0 radical (unpaired) electrons. The molecule has 19 heavy (non-hydrogen) atoms. The van der Waals surface area contributed by atoms with Gasteiger partial charge in [0, 0.05) is 11.8 Å². The second-order valence-electron chi connectivity index (χ2n) is 4.36. The first-order valence-corrected chi connectivity index (χ1v) is 8.40. The van der Waals surface area contributed by atoms with Crippen molar-refractivity contribution in [2.75, 3.05) is 18.1 Å². The van der Waals surface area contributed by atoms with Gasteiger partial charge in [-0.05, 0) is 0 Å². The van der Waals surface area contributed by atoms with Crippen LogP contribution in [0.1, 0.15) is 6.42 Å². The molecule has 0 saturated carbocycles. The molecule has 6 nitrogen and oxygen atoms in total. The van der Waals surface area contributed by atoms with Crippen LogP contribution in [-0.4, -0.2) is 53.7 Å². The number of amidine groups is 1. The molecule has 0 spiro atoms. The van der Waals surface area contributed by atoms with Crippen molar-refractivity contribution < 1.29 is 13.2 Å². The summed E-state index contributed by atoms with van der Waals surface area (Å²) >= 11 is 1.30. The zero-order valence-electron chi connectivity index (χ0n) is 10.2. The number of amides is 1. The maximum atomic E-state index is 11.6. The average molecular weight is 299 g/mol. The van der Waals surface area contributed by atoms with Crippen molar-refractivity contribution in [3.05, 3.63) is 12.7 Å². The molecule has 0 aromatic heterocycles. The third kappa shape index (κ3) is 2.98. The van der Waals surface area contributed by atoms with E-state index in [9.17, 15) is 13.2 Å². The third-order valence-corrected chi connectivity index (χ3v) is 6.20. The summed E-state index contributed by atoms with van der Waals surface area (Å²) in [4.78, 5) is 17.1. The number of carbonyl (C=O) groups is 1. The van der Waals surface area contributed by atoms with Crippen LogP contribution in [0.25, 0.3) is 0 Å². The minimum Gasteiger partial charge on any atom is -0.342 e. The number of rotatable bonds is 3. The summed E-state index contributed by atoms with van der Waals surface area (Å²) in [7, 11) is -3.01. The third-order valence-electron chi connectivity index (χ3n) is 2.95. The van der Waals surface area contributed by atoms with Crippen LogP contribution in [-0.2, 0) is 14.6 Å². The van der Waals surface area contributed by atoms with Gasteiger partial charge in [-0.1, -0.05) is 17.8 Å². The minimum absolute atomic E-state index is 0.0846. The number of hydrogen-bond acceptors (Lipinski definition) is 5. The van der Waals surface area contributed by atoms with Crippen LogP contribution < -0.4 is 0 Å². The number of fused-ring (bicyclic) bond motifs is 1. The van der Waals surface area contributed by atoms with Gasteiger partial charge in [0.2, 0.25) is 0 Å². The van der Waals surface area contributed by atoms with E-state index in [4.69, 9.17) is 5.26 Å². The first kappa shape index (κ1) is 14.1. The lowest BCUT2D eigenvalue weighted by Crippen LogP contribution is -2.37. The molecule has 2 rings (SSSR count). The van der Waals surface area contributed by atoms with Crippen molar-refractivity contribution in [1.82, 2.24) is 4.90 Å². The molecule has 0 bridgehead atoms. The summed E-state index contributed by atoms with van der Waals surface area (Å²) in [5.41, 5.74) is 0. The van der Waals surface area contributed by atoms with Gasteiger partial charge in [0.25, 0.3) is 5.91 Å². The van der Waals surface area contributed by atoms with Gasteiger partial charge in [-0.3, -0.25) is 4.79 Å². The molecule has 2 aliphatic heterocycles. The van der Waals surface area contributed by atoms with Crippen LogP contribution in [0.5, 0.6) is 0 Å². The fourth-order valence-electron chi connectivity index (χ4n) is 2.20. The Labute approximate surface area is 116 Å². The SMILES string of the molecule is C=CCN1C(=NC(=O)CC#N)S[C@H]2CS(=O)(=O)C[C@H]21. The number of carbonyl (C=O) groups excluding carboxylic acids is 1. The fraction of sp³-hybridized carbons (Fsp3) is 0.545. The lowest BCUT2D eigenvalue weighted by Gasteiger charge is -2.22. The van der Waals surface area contributed by atoms with E-state index < -0.39 is 15.7 Å². The van der Waals surface area contributed by atoms with Crippen molar-refractivity contribution in [3.63, 3.8) is 0 Å². The van der Waals surface area contributed by atoms with E-state index in [0.717, 1.165) is 0 Å².